The van der Waals surface area contributed by atoms with Gasteiger partial charge in [-0.2, -0.15) is 0 Å². The Morgan fingerprint density at radius 1 is 0.895 bits per heavy atom. The van der Waals surface area contributed by atoms with E-state index in [1.165, 1.54) is 12.1 Å². The number of nitrogens with zero attached hydrogens (tertiary/aromatic N) is 1. The van der Waals surface area contributed by atoms with Crippen LogP contribution >= 0.6 is 0 Å². The third-order valence-electron chi connectivity index (χ3n) is 2.93. The Bertz CT molecular complexity index is 838. The lowest BCUT2D eigenvalue weighted by molar-refractivity contribution is 0.586. The third kappa shape index (κ3) is 1.82. The highest BCUT2D eigenvalue weighted by atomic mass is 32.2. The van der Waals surface area contributed by atoms with Crippen molar-refractivity contribution in [1.82, 2.24) is 3.97 Å². The molecule has 96 valence electrons. The van der Waals surface area contributed by atoms with E-state index in [0.717, 1.165) is 10.2 Å². The molecule has 0 aliphatic rings. The monoisotopic (exact) mass is 275 g/mol. The standard InChI is InChI=1S/C14H10FNO2S/c15-13-10-16(14-9-5-4-8-12(13)14)19(17,18)11-6-2-1-3-7-11/h1-10H. The van der Waals surface area contributed by atoms with Gasteiger partial charge in [0.15, 0.2) is 0 Å². The summed E-state index contributed by atoms with van der Waals surface area (Å²) in [6.45, 7) is 0. The van der Waals surface area contributed by atoms with Gasteiger partial charge < -0.3 is 0 Å². The predicted octanol–water partition coefficient (Wildman–Crippen LogP) is 3.02. The third-order valence-corrected chi connectivity index (χ3v) is 4.62. The Balaban J connectivity index is 2.31. The fraction of sp³-hybridized carbons (Fsp3) is 0. The van der Waals surface area contributed by atoms with E-state index >= 15 is 0 Å². The van der Waals surface area contributed by atoms with E-state index in [0.29, 0.717) is 10.9 Å². The minimum absolute atomic E-state index is 0.135. The molecule has 2 aromatic carbocycles. The molecule has 3 aromatic rings. The van der Waals surface area contributed by atoms with Crippen molar-refractivity contribution in [1.29, 1.82) is 0 Å². The molecular formula is C14H10FNO2S. The van der Waals surface area contributed by atoms with Crippen LogP contribution in [0.4, 0.5) is 4.39 Å². The van der Waals surface area contributed by atoms with Gasteiger partial charge in [-0.15, -0.1) is 0 Å². The van der Waals surface area contributed by atoms with Crippen LogP contribution in [-0.2, 0) is 10.0 Å². The van der Waals surface area contributed by atoms with Crippen molar-refractivity contribution in [2.24, 2.45) is 0 Å². The van der Waals surface area contributed by atoms with Gasteiger partial charge in [0.05, 0.1) is 16.6 Å². The molecule has 0 fully saturated rings. The second-order valence-electron chi connectivity index (χ2n) is 4.11. The zero-order chi connectivity index (χ0) is 13.5. The first-order chi connectivity index (χ1) is 9.10. The van der Waals surface area contributed by atoms with Crippen molar-refractivity contribution in [2.75, 3.05) is 0 Å². The first kappa shape index (κ1) is 11.9. The van der Waals surface area contributed by atoms with Gasteiger partial charge in [-0.25, -0.2) is 16.8 Å². The number of fused-ring (bicyclic) bond motifs is 1. The van der Waals surface area contributed by atoms with Gasteiger partial charge in [0.2, 0.25) is 0 Å². The quantitative estimate of drug-likeness (QED) is 0.721. The summed E-state index contributed by atoms with van der Waals surface area (Å²) >= 11 is 0. The molecule has 0 amide bonds. The Morgan fingerprint density at radius 2 is 1.53 bits per heavy atom. The van der Waals surface area contributed by atoms with Crippen molar-refractivity contribution < 1.29 is 12.8 Å². The molecule has 19 heavy (non-hydrogen) atoms. The molecule has 0 radical (unpaired) electrons. The Morgan fingerprint density at radius 3 is 2.26 bits per heavy atom. The molecule has 0 aliphatic heterocycles. The molecule has 0 N–H and O–H groups in total. The van der Waals surface area contributed by atoms with Crippen molar-refractivity contribution in [3.8, 4) is 0 Å². The summed E-state index contributed by atoms with van der Waals surface area (Å²) in [6, 6.07) is 14.5. The van der Waals surface area contributed by atoms with Crippen molar-refractivity contribution in [2.45, 2.75) is 4.90 Å². The highest BCUT2D eigenvalue weighted by Crippen LogP contribution is 2.24. The number of aromatic nitrogens is 1. The fourth-order valence-electron chi connectivity index (χ4n) is 2.01. The van der Waals surface area contributed by atoms with E-state index in [-0.39, 0.29) is 4.90 Å². The van der Waals surface area contributed by atoms with Crippen molar-refractivity contribution >= 4 is 20.9 Å². The SMILES string of the molecule is O=S(=O)(c1ccccc1)n1cc(F)c2ccccc21. The Labute approximate surface area is 110 Å². The number of hydrogen-bond acceptors (Lipinski definition) is 2. The Hall–Kier alpha value is -2.14. The second kappa shape index (κ2) is 4.20. The van der Waals surface area contributed by atoms with E-state index in [1.807, 2.05) is 0 Å². The molecule has 3 rings (SSSR count). The van der Waals surface area contributed by atoms with Crippen LogP contribution in [-0.4, -0.2) is 12.4 Å². The van der Waals surface area contributed by atoms with E-state index in [9.17, 15) is 12.8 Å². The maximum atomic E-state index is 13.8. The smallest absolute Gasteiger partial charge is 0.238 e. The zero-order valence-corrected chi connectivity index (χ0v) is 10.6. The maximum absolute atomic E-state index is 13.8. The molecule has 0 atom stereocenters. The van der Waals surface area contributed by atoms with Gasteiger partial charge in [-0.1, -0.05) is 30.3 Å². The van der Waals surface area contributed by atoms with Gasteiger partial charge in [0.25, 0.3) is 10.0 Å². The lowest BCUT2D eigenvalue weighted by atomic mass is 10.2. The lowest BCUT2D eigenvalue weighted by Crippen LogP contribution is -2.11. The number of hydrogen-bond donors (Lipinski definition) is 0. The zero-order valence-electron chi connectivity index (χ0n) is 9.82. The first-order valence-corrected chi connectivity index (χ1v) is 7.11. The average Bonchev–Trinajstić information content (AvgIpc) is 2.79. The first-order valence-electron chi connectivity index (χ1n) is 5.67. The molecule has 0 bridgehead atoms. The van der Waals surface area contributed by atoms with E-state index in [2.05, 4.69) is 0 Å². The molecule has 0 spiro atoms. The topological polar surface area (TPSA) is 39.1 Å². The van der Waals surface area contributed by atoms with Crippen molar-refractivity contribution in [3.05, 3.63) is 66.6 Å². The highest BCUT2D eigenvalue weighted by molar-refractivity contribution is 7.90. The van der Waals surface area contributed by atoms with E-state index in [1.54, 1.807) is 42.5 Å². The molecule has 1 aromatic heterocycles. The van der Waals surface area contributed by atoms with Crippen LogP contribution in [0.5, 0.6) is 0 Å². The fourth-order valence-corrected chi connectivity index (χ4v) is 3.39. The van der Waals surface area contributed by atoms with Gasteiger partial charge in [0, 0.05) is 5.39 Å². The minimum Gasteiger partial charge on any atom is -0.238 e. The molecule has 0 unspecified atom stereocenters. The molecule has 3 nitrogen and oxygen atoms in total. The molecule has 1 heterocycles. The van der Waals surface area contributed by atoms with Crippen molar-refractivity contribution in [3.63, 3.8) is 0 Å². The largest absolute Gasteiger partial charge is 0.268 e. The summed E-state index contributed by atoms with van der Waals surface area (Å²) in [5.41, 5.74) is 0.337. The summed E-state index contributed by atoms with van der Waals surface area (Å²) < 4.78 is 39.7. The number of para-hydroxylation sites is 1. The van der Waals surface area contributed by atoms with E-state index < -0.39 is 15.8 Å². The summed E-state index contributed by atoms with van der Waals surface area (Å²) in [5, 5.41) is 0.294. The normalized spacial score (nSPS) is 11.8. The van der Waals surface area contributed by atoms with Crippen LogP contribution in [0.1, 0.15) is 0 Å². The molecular weight excluding hydrogens is 265 g/mol. The summed E-state index contributed by atoms with van der Waals surface area (Å²) in [5.74, 6) is -0.546. The molecule has 5 heteroatoms. The molecule has 0 aliphatic carbocycles. The lowest BCUT2D eigenvalue weighted by Gasteiger charge is -2.06. The maximum Gasteiger partial charge on any atom is 0.268 e. The van der Waals surface area contributed by atoms with Crippen LogP contribution in [0, 0.1) is 5.82 Å². The number of rotatable bonds is 2. The van der Waals surface area contributed by atoms with Crippen LogP contribution in [0.3, 0.4) is 0 Å². The van der Waals surface area contributed by atoms with Gasteiger partial charge in [0.1, 0.15) is 5.82 Å². The average molecular weight is 275 g/mol. The second-order valence-corrected chi connectivity index (χ2v) is 5.92. The molecule has 0 saturated carbocycles. The molecule has 0 saturated heterocycles. The van der Waals surface area contributed by atoms with Gasteiger partial charge in [-0.3, -0.25) is 0 Å². The van der Waals surface area contributed by atoms with Gasteiger partial charge in [-0.05, 0) is 24.3 Å². The Kier molecular flexibility index (Phi) is 2.64. The number of halogens is 1. The highest BCUT2D eigenvalue weighted by Gasteiger charge is 2.20. The van der Waals surface area contributed by atoms with Crippen LogP contribution in [0.15, 0.2) is 65.7 Å². The van der Waals surface area contributed by atoms with Crippen LogP contribution in [0.2, 0.25) is 0 Å². The summed E-state index contributed by atoms with van der Waals surface area (Å²) in [7, 11) is -3.77. The summed E-state index contributed by atoms with van der Waals surface area (Å²) in [4.78, 5) is 0.135. The van der Waals surface area contributed by atoms with E-state index in [4.69, 9.17) is 0 Å². The van der Waals surface area contributed by atoms with Crippen LogP contribution < -0.4 is 0 Å². The minimum atomic E-state index is -3.77. The number of benzene rings is 2. The predicted molar refractivity (Wildman–Crippen MR) is 70.9 cm³/mol. The van der Waals surface area contributed by atoms with Gasteiger partial charge >= 0.3 is 0 Å². The summed E-state index contributed by atoms with van der Waals surface area (Å²) in [6.07, 6.45) is 1.01. The van der Waals surface area contributed by atoms with Crippen LogP contribution in [0.25, 0.3) is 10.9 Å².